The Morgan fingerprint density at radius 2 is 2.00 bits per heavy atom. The van der Waals surface area contributed by atoms with Gasteiger partial charge in [0.1, 0.15) is 5.75 Å². The first-order chi connectivity index (χ1) is 12.6. The summed E-state index contributed by atoms with van der Waals surface area (Å²) in [5, 5.41) is -0.356. The first kappa shape index (κ1) is 18.5. The van der Waals surface area contributed by atoms with Gasteiger partial charge in [0.05, 0.1) is 25.2 Å². The smallest absolute Gasteiger partial charge is 0.293 e. The van der Waals surface area contributed by atoms with Crippen molar-refractivity contribution in [3.63, 3.8) is 0 Å². The number of imide groups is 1. The number of carbonyl (C=O) groups excluding carboxylic acids is 3. The predicted molar refractivity (Wildman–Crippen MR) is 97.7 cm³/mol. The monoisotopic (exact) mass is 376 g/mol. The number of hydrogen-bond acceptors (Lipinski definition) is 6. The molecule has 2 aliphatic rings. The maximum absolute atomic E-state index is 12.5. The Balaban J connectivity index is 1.65. The minimum absolute atomic E-state index is 0.0685. The van der Waals surface area contributed by atoms with E-state index >= 15 is 0 Å². The lowest BCUT2D eigenvalue weighted by Crippen LogP contribution is -2.42. The molecule has 8 heteroatoms. The zero-order valence-corrected chi connectivity index (χ0v) is 15.3. The first-order valence-electron chi connectivity index (χ1n) is 8.34. The molecule has 3 rings (SSSR count). The summed E-state index contributed by atoms with van der Waals surface area (Å²) in [5.74, 6) is 0.184. The number of ether oxygens (including phenoxy) is 2. The van der Waals surface area contributed by atoms with Crippen LogP contribution in [0.1, 0.15) is 12.0 Å². The van der Waals surface area contributed by atoms with Crippen molar-refractivity contribution in [1.29, 1.82) is 0 Å². The lowest BCUT2D eigenvalue weighted by atomic mass is 10.2. The molecule has 1 aromatic carbocycles. The van der Waals surface area contributed by atoms with Crippen molar-refractivity contribution < 1.29 is 23.9 Å². The van der Waals surface area contributed by atoms with Crippen LogP contribution >= 0.6 is 11.8 Å². The summed E-state index contributed by atoms with van der Waals surface area (Å²) in [6.07, 6.45) is 1.77. The van der Waals surface area contributed by atoms with Gasteiger partial charge in [-0.1, -0.05) is 18.2 Å². The van der Waals surface area contributed by atoms with Gasteiger partial charge in [-0.2, -0.15) is 0 Å². The van der Waals surface area contributed by atoms with Crippen LogP contribution in [0.5, 0.6) is 5.75 Å². The fourth-order valence-electron chi connectivity index (χ4n) is 2.80. The number of benzene rings is 1. The van der Waals surface area contributed by atoms with Crippen molar-refractivity contribution in [3.8, 4) is 5.75 Å². The van der Waals surface area contributed by atoms with Crippen LogP contribution in [0.3, 0.4) is 0 Å². The number of methoxy groups -OCH3 is 1. The molecule has 138 valence electrons. The molecule has 2 fully saturated rings. The molecule has 0 unspecified atom stereocenters. The standard InChI is InChI=1S/C18H20N2O5S/c1-24-14-5-3-2-4-13(14)12-15-17(22)20(18(23)26-15)7-6-16(21)19-8-10-25-11-9-19/h2-5,12H,6-11H2,1H3. The van der Waals surface area contributed by atoms with Gasteiger partial charge in [-0.15, -0.1) is 0 Å². The maximum atomic E-state index is 12.5. The first-order valence-corrected chi connectivity index (χ1v) is 9.15. The highest BCUT2D eigenvalue weighted by Crippen LogP contribution is 2.34. The summed E-state index contributed by atoms with van der Waals surface area (Å²) in [7, 11) is 1.55. The van der Waals surface area contributed by atoms with Crippen molar-refractivity contribution in [3.05, 3.63) is 34.7 Å². The number of para-hydroxylation sites is 1. The van der Waals surface area contributed by atoms with Crippen LogP contribution in [0.25, 0.3) is 6.08 Å². The van der Waals surface area contributed by atoms with Gasteiger partial charge in [0.2, 0.25) is 5.91 Å². The van der Waals surface area contributed by atoms with E-state index < -0.39 is 0 Å². The fourth-order valence-corrected chi connectivity index (χ4v) is 3.65. The van der Waals surface area contributed by atoms with E-state index in [2.05, 4.69) is 0 Å². The van der Waals surface area contributed by atoms with E-state index in [1.165, 1.54) is 0 Å². The predicted octanol–water partition coefficient (Wildman–Crippen LogP) is 1.98. The van der Waals surface area contributed by atoms with Crippen LogP contribution in [-0.2, 0) is 14.3 Å². The number of carbonyl (C=O) groups is 3. The van der Waals surface area contributed by atoms with Gasteiger partial charge in [-0.25, -0.2) is 0 Å². The second-order valence-corrected chi connectivity index (χ2v) is 6.81. The number of morpholine rings is 1. The van der Waals surface area contributed by atoms with Crippen LogP contribution in [-0.4, -0.2) is 66.8 Å². The molecule has 0 bridgehead atoms. The van der Waals surface area contributed by atoms with Crippen LogP contribution in [0.2, 0.25) is 0 Å². The molecule has 1 aromatic rings. The van der Waals surface area contributed by atoms with Gasteiger partial charge in [-0.3, -0.25) is 19.3 Å². The van der Waals surface area contributed by atoms with Gasteiger partial charge >= 0.3 is 0 Å². The lowest BCUT2D eigenvalue weighted by molar-refractivity contribution is -0.135. The van der Waals surface area contributed by atoms with Crippen molar-refractivity contribution in [2.45, 2.75) is 6.42 Å². The van der Waals surface area contributed by atoms with Crippen LogP contribution < -0.4 is 4.74 Å². The molecule has 0 spiro atoms. The Morgan fingerprint density at radius 1 is 1.27 bits per heavy atom. The van der Waals surface area contributed by atoms with Crippen LogP contribution in [0, 0.1) is 0 Å². The molecular formula is C18H20N2O5S. The molecule has 7 nitrogen and oxygen atoms in total. The second-order valence-electron chi connectivity index (χ2n) is 5.82. The molecule has 0 aromatic heterocycles. The maximum Gasteiger partial charge on any atom is 0.293 e. The van der Waals surface area contributed by atoms with E-state index in [0.29, 0.717) is 37.0 Å². The molecule has 0 radical (unpaired) electrons. The number of hydrogen-bond donors (Lipinski definition) is 0. The highest BCUT2D eigenvalue weighted by atomic mass is 32.2. The number of rotatable bonds is 5. The van der Waals surface area contributed by atoms with E-state index in [1.807, 2.05) is 18.2 Å². The molecule has 2 aliphatic heterocycles. The lowest BCUT2D eigenvalue weighted by Gasteiger charge is -2.27. The van der Waals surface area contributed by atoms with Crippen molar-refractivity contribution in [1.82, 2.24) is 9.80 Å². The van der Waals surface area contributed by atoms with E-state index in [4.69, 9.17) is 9.47 Å². The van der Waals surface area contributed by atoms with Gasteiger partial charge in [0, 0.05) is 31.6 Å². The summed E-state index contributed by atoms with van der Waals surface area (Å²) in [6, 6.07) is 7.27. The van der Waals surface area contributed by atoms with Gasteiger partial charge in [0.15, 0.2) is 0 Å². The Kier molecular flexibility index (Phi) is 5.95. The van der Waals surface area contributed by atoms with Crippen molar-refractivity contribution in [2.24, 2.45) is 0 Å². The highest BCUT2D eigenvalue weighted by molar-refractivity contribution is 8.18. The number of nitrogens with zero attached hydrogens (tertiary/aromatic N) is 2. The average Bonchev–Trinajstić information content (AvgIpc) is 2.94. The fraction of sp³-hybridized carbons (Fsp3) is 0.389. The minimum Gasteiger partial charge on any atom is -0.496 e. The SMILES string of the molecule is COc1ccccc1C=C1SC(=O)N(CCC(=O)N2CCOCC2)C1=O. The van der Waals surface area contributed by atoms with Crippen LogP contribution in [0.15, 0.2) is 29.2 Å². The normalized spacial score (nSPS) is 19.3. The molecule has 2 heterocycles. The quantitative estimate of drug-likeness (QED) is 0.732. The molecule has 0 N–H and O–H groups in total. The summed E-state index contributed by atoms with van der Waals surface area (Å²) < 4.78 is 10.5. The Morgan fingerprint density at radius 3 is 2.73 bits per heavy atom. The summed E-state index contributed by atoms with van der Waals surface area (Å²) in [4.78, 5) is 40.1. The zero-order chi connectivity index (χ0) is 18.5. The van der Waals surface area contributed by atoms with Crippen LogP contribution in [0.4, 0.5) is 4.79 Å². The molecule has 0 aliphatic carbocycles. The third kappa shape index (κ3) is 4.08. The second kappa shape index (κ2) is 8.37. The zero-order valence-electron chi connectivity index (χ0n) is 14.5. The Hall–Kier alpha value is -2.32. The van der Waals surface area contributed by atoms with E-state index in [1.54, 1.807) is 24.2 Å². The Labute approximate surface area is 155 Å². The summed E-state index contributed by atoms with van der Waals surface area (Å²) in [6.45, 7) is 2.23. The highest BCUT2D eigenvalue weighted by Gasteiger charge is 2.35. The summed E-state index contributed by atoms with van der Waals surface area (Å²) >= 11 is 0.881. The largest absolute Gasteiger partial charge is 0.496 e. The van der Waals surface area contributed by atoms with E-state index in [9.17, 15) is 14.4 Å². The molecule has 26 heavy (non-hydrogen) atoms. The van der Waals surface area contributed by atoms with Gasteiger partial charge < -0.3 is 14.4 Å². The van der Waals surface area contributed by atoms with Gasteiger partial charge in [0.25, 0.3) is 11.1 Å². The third-order valence-electron chi connectivity index (χ3n) is 4.21. The van der Waals surface area contributed by atoms with E-state index in [-0.39, 0.29) is 30.0 Å². The molecule has 0 atom stereocenters. The number of amides is 3. The molecule has 3 amide bonds. The molecule has 2 saturated heterocycles. The summed E-state index contributed by atoms with van der Waals surface area (Å²) in [5.41, 5.74) is 0.727. The Bertz CT molecular complexity index is 743. The van der Waals surface area contributed by atoms with E-state index in [0.717, 1.165) is 22.2 Å². The number of thioether (sulfide) groups is 1. The van der Waals surface area contributed by atoms with Gasteiger partial charge in [-0.05, 0) is 23.9 Å². The topological polar surface area (TPSA) is 76.2 Å². The molecule has 0 saturated carbocycles. The van der Waals surface area contributed by atoms with Crippen molar-refractivity contribution in [2.75, 3.05) is 40.0 Å². The third-order valence-corrected chi connectivity index (χ3v) is 5.12. The average molecular weight is 376 g/mol. The van der Waals surface area contributed by atoms with Crippen molar-refractivity contribution >= 4 is 34.9 Å². The minimum atomic E-state index is -0.374. The molecular weight excluding hydrogens is 356 g/mol.